The zero-order chi connectivity index (χ0) is 13.3. The van der Waals surface area contributed by atoms with Gasteiger partial charge in [-0.25, -0.2) is 0 Å². The fourth-order valence-electron chi connectivity index (χ4n) is 1.97. The average molecular weight is 345 g/mol. The van der Waals surface area contributed by atoms with Gasteiger partial charge in [-0.3, -0.25) is 0 Å². The lowest BCUT2D eigenvalue weighted by Crippen LogP contribution is -2.17. The molecule has 0 saturated heterocycles. The molecule has 1 aromatic heterocycles. The number of rotatable bonds is 3. The van der Waals surface area contributed by atoms with Crippen molar-refractivity contribution in [3.05, 3.63) is 54.6 Å². The van der Waals surface area contributed by atoms with Crippen molar-refractivity contribution < 1.29 is 0 Å². The molecule has 1 heterocycles. The van der Waals surface area contributed by atoms with Crippen LogP contribution in [-0.4, -0.2) is 7.05 Å². The molecular weight excluding hydrogens is 330 g/mol. The minimum atomic E-state index is 0.146. The van der Waals surface area contributed by atoms with E-state index in [1.54, 1.807) is 11.3 Å². The van der Waals surface area contributed by atoms with E-state index < -0.39 is 0 Å². The highest BCUT2D eigenvalue weighted by atomic mass is 79.9. The Morgan fingerprint density at radius 3 is 2.56 bits per heavy atom. The molecule has 2 rings (SSSR count). The highest BCUT2D eigenvalue weighted by Crippen LogP contribution is 2.37. The molecule has 0 saturated carbocycles. The Labute approximate surface area is 125 Å². The zero-order valence-electron chi connectivity index (χ0n) is 10.6. The maximum atomic E-state index is 6.42. The Bertz CT molecular complexity index is 545. The minimum absolute atomic E-state index is 0.146. The van der Waals surface area contributed by atoms with Gasteiger partial charge < -0.3 is 5.32 Å². The van der Waals surface area contributed by atoms with Gasteiger partial charge in [0.05, 0.1) is 9.83 Å². The summed E-state index contributed by atoms with van der Waals surface area (Å²) in [6, 6.07) is 8.52. The Morgan fingerprint density at radius 2 is 2.00 bits per heavy atom. The summed E-state index contributed by atoms with van der Waals surface area (Å²) in [5.74, 6) is 0. The maximum absolute atomic E-state index is 6.42. The summed E-state index contributed by atoms with van der Waals surface area (Å²) >= 11 is 11.7. The molecule has 96 valence electrons. The number of halogens is 2. The molecule has 0 amide bonds. The molecule has 0 fully saturated rings. The van der Waals surface area contributed by atoms with Crippen molar-refractivity contribution in [2.24, 2.45) is 0 Å². The largest absolute Gasteiger partial charge is 0.309 e. The second-order valence-electron chi connectivity index (χ2n) is 4.31. The van der Waals surface area contributed by atoms with Crippen molar-refractivity contribution in [1.29, 1.82) is 0 Å². The molecule has 4 heteroatoms. The monoisotopic (exact) mass is 343 g/mol. The number of thiophene rings is 1. The molecule has 0 aliphatic heterocycles. The molecule has 2 aromatic rings. The van der Waals surface area contributed by atoms with E-state index in [1.807, 2.05) is 20.0 Å². The van der Waals surface area contributed by atoms with Crippen LogP contribution in [0.4, 0.5) is 0 Å². The van der Waals surface area contributed by atoms with Crippen LogP contribution in [0, 0.1) is 13.8 Å². The van der Waals surface area contributed by atoms with Gasteiger partial charge >= 0.3 is 0 Å². The summed E-state index contributed by atoms with van der Waals surface area (Å²) in [5.41, 5.74) is 3.51. The van der Waals surface area contributed by atoms with Gasteiger partial charge in [0.2, 0.25) is 0 Å². The lowest BCUT2D eigenvalue weighted by atomic mass is 10.0. The van der Waals surface area contributed by atoms with Gasteiger partial charge in [-0.05, 0) is 59.6 Å². The fraction of sp³-hybridized carbons (Fsp3) is 0.286. The Kier molecular flexibility index (Phi) is 4.49. The summed E-state index contributed by atoms with van der Waals surface area (Å²) in [5, 5.41) is 4.19. The molecule has 1 aromatic carbocycles. The molecular formula is C14H15BrClNS. The highest BCUT2D eigenvalue weighted by Gasteiger charge is 2.18. The number of hydrogen-bond donors (Lipinski definition) is 1. The van der Waals surface area contributed by atoms with Gasteiger partial charge in [0.25, 0.3) is 0 Å². The number of benzene rings is 1. The van der Waals surface area contributed by atoms with E-state index in [-0.39, 0.29) is 6.04 Å². The van der Waals surface area contributed by atoms with Crippen LogP contribution < -0.4 is 5.32 Å². The van der Waals surface area contributed by atoms with Crippen LogP contribution in [-0.2, 0) is 0 Å². The van der Waals surface area contributed by atoms with Gasteiger partial charge in [-0.2, -0.15) is 0 Å². The standard InChI is InChI=1S/C14H15BrClNS/c1-8-5-4-6-10(12(8)16)13(17-3)11-7-9(2)14(15)18-11/h4-7,13,17H,1-3H3. The third kappa shape index (κ3) is 2.64. The van der Waals surface area contributed by atoms with Crippen LogP contribution in [0.2, 0.25) is 5.02 Å². The van der Waals surface area contributed by atoms with Gasteiger partial charge in [-0.15, -0.1) is 11.3 Å². The van der Waals surface area contributed by atoms with Crippen LogP contribution in [0.5, 0.6) is 0 Å². The molecule has 0 spiro atoms. The van der Waals surface area contributed by atoms with Crippen LogP contribution in [0.15, 0.2) is 28.1 Å². The average Bonchev–Trinajstić information content (AvgIpc) is 2.66. The summed E-state index contributed by atoms with van der Waals surface area (Å²) in [4.78, 5) is 1.27. The van der Waals surface area contributed by atoms with E-state index in [2.05, 4.69) is 46.4 Å². The van der Waals surface area contributed by atoms with Crippen molar-refractivity contribution in [3.63, 3.8) is 0 Å². The number of hydrogen-bond acceptors (Lipinski definition) is 2. The molecule has 0 aliphatic carbocycles. The molecule has 1 unspecified atom stereocenters. The van der Waals surface area contributed by atoms with E-state index in [0.29, 0.717) is 0 Å². The van der Waals surface area contributed by atoms with Crippen molar-refractivity contribution in [3.8, 4) is 0 Å². The number of aryl methyl sites for hydroxylation is 2. The van der Waals surface area contributed by atoms with Crippen LogP contribution >= 0.6 is 38.9 Å². The summed E-state index contributed by atoms with van der Waals surface area (Å²) in [6.45, 7) is 4.14. The molecule has 0 bridgehead atoms. The van der Waals surface area contributed by atoms with Crippen molar-refractivity contribution in [2.45, 2.75) is 19.9 Å². The molecule has 0 aliphatic rings. The normalized spacial score (nSPS) is 12.7. The van der Waals surface area contributed by atoms with Crippen LogP contribution in [0.25, 0.3) is 0 Å². The van der Waals surface area contributed by atoms with Gasteiger partial charge in [0.1, 0.15) is 0 Å². The molecule has 18 heavy (non-hydrogen) atoms. The molecule has 1 atom stereocenters. The van der Waals surface area contributed by atoms with Crippen molar-refractivity contribution >= 4 is 38.9 Å². The van der Waals surface area contributed by atoms with Crippen molar-refractivity contribution in [1.82, 2.24) is 5.32 Å². The summed E-state index contributed by atoms with van der Waals surface area (Å²) < 4.78 is 1.18. The lowest BCUT2D eigenvalue weighted by Gasteiger charge is -2.17. The zero-order valence-corrected chi connectivity index (χ0v) is 13.7. The topological polar surface area (TPSA) is 12.0 Å². The van der Waals surface area contributed by atoms with E-state index in [4.69, 9.17) is 11.6 Å². The maximum Gasteiger partial charge on any atom is 0.0731 e. The van der Waals surface area contributed by atoms with E-state index >= 15 is 0 Å². The molecule has 1 N–H and O–H groups in total. The highest BCUT2D eigenvalue weighted by molar-refractivity contribution is 9.11. The summed E-state index contributed by atoms with van der Waals surface area (Å²) in [7, 11) is 1.96. The van der Waals surface area contributed by atoms with Gasteiger partial charge in [-0.1, -0.05) is 29.8 Å². The van der Waals surface area contributed by atoms with Gasteiger partial charge in [0.15, 0.2) is 0 Å². The molecule has 1 nitrogen and oxygen atoms in total. The third-order valence-corrected chi connectivity index (χ3v) is 5.70. The predicted molar refractivity (Wildman–Crippen MR) is 83.8 cm³/mol. The van der Waals surface area contributed by atoms with Crippen LogP contribution in [0.1, 0.15) is 27.6 Å². The minimum Gasteiger partial charge on any atom is -0.309 e. The SMILES string of the molecule is CNC(c1cc(C)c(Br)s1)c1cccc(C)c1Cl. The summed E-state index contributed by atoms with van der Waals surface area (Å²) in [6.07, 6.45) is 0. The number of nitrogens with one attached hydrogen (secondary N) is 1. The second kappa shape index (κ2) is 5.74. The quantitative estimate of drug-likeness (QED) is 0.818. The first-order valence-corrected chi connectivity index (χ1v) is 7.71. The lowest BCUT2D eigenvalue weighted by molar-refractivity contribution is 0.703. The van der Waals surface area contributed by atoms with E-state index in [9.17, 15) is 0 Å². The van der Waals surface area contributed by atoms with E-state index in [0.717, 1.165) is 16.1 Å². The first-order valence-electron chi connectivity index (χ1n) is 5.72. The Balaban J connectivity index is 2.48. The Hall–Kier alpha value is -0.350. The second-order valence-corrected chi connectivity index (χ2v) is 7.08. The first-order chi connectivity index (χ1) is 8.54. The first kappa shape index (κ1) is 14.1. The predicted octanol–water partition coefficient (Wildman–Crippen LogP) is 5.09. The fourth-order valence-corrected chi connectivity index (χ4v) is 3.91. The third-order valence-electron chi connectivity index (χ3n) is 2.98. The van der Waals surface area contributed by atoms with Crippen molar-refractivity contribution in [2.75, 3.05) is 7.05 Å². The molecule has 0 radical (unpaired) electrons. The van der Waals surface area contributed by atoms with Gasteiger partial charge in [0, 0.05) is 9.90 Å². The van der Waals surface area contributed by atoms with E-state index in [1.165, 1.54) is 14.2 Å². The van der Waals surface area contributed by atoms with Crippen LogP contribution in [0.3, 0.4) is 0 Å². The smallest absolute Gasteiger partial charge is 0.0731 e. The Morgan fingerprint density at radius 1 is 1.28 bits per heavy atom.